The molecular formula is C24H31NO3. The average Bonchev–Trinajstić information content (AvgIpc) is 2.65. The normalized spacial score (nSPS) is 32.6. The Morgan fingerprint density at radius 1 is 1.18 bits per heavy atom. The highest BCUT2D eigenvalue weighted by molar-refractivity contribution is 5.84. The van der Waals surface area contributed by atoms with E-state index >= 15 is 0 Å². The first kappa shape index (κ1) is 19.3. The van der Waals surface area contributed by atoms with Crippen molar-refractivity contribution >= 4 is 16.7 Å². The van der Waals surface area contributed by atoms with Crippen LogP contribution in [-0.2, 0) is 9.53 Å². The summed E-state index contributed by atoms with van der Waals surface area (Å²) in [5.74, 6) is 1.97. The lowest BCUT2D eigenvalue weighted by Crippen LogP contribution is -2.60. The Bertz CT molecular complexity index is 879. The fourth-order valence-electron chi connectivity index (χ4n) is 5.32. The lowest BCUT2D eigenvalue weighted by molar-refractivity contribution is -0.153. The molecule has 0 aromatic heterocycles. The maximum absolute atomic E-state index is 12.0. The highest BCUT2D eigenvalue weighted by atomic mass is 16.5. The molecule has 1 heterocycles. The smallest absolute Gasteiger partial charge is 0.217 e. The molecule has 2 fully saturated rings. The van der Waals surface area contributed by atoms with Gasteiger partial charge in [0.15, 0.2) is 0 Å². The minimum atomic E-state index is -0.228. The van der Waals surface area contributed by atoms with E-state index in [0.717, 1.165) is 30.4 Å². The van der Waals surface area contributed by atoms with E-state index in [1.807, 2.05) is 6.07 Å². The average molecular weight is 382 g/mol. The van der Waals surface area contributed by atoms with E-state index in [0.29, 0.717) is 11.8 Å². The van der Waals surface area contributed by atoms with Crippen LogP contribution in [0.3, 0.4) is 0 Å². The van der Waals surface area contributed by atoms with E-state index in [-0.39, 0.29) is 23.7 Å². The van der Waals surface area contributed by atoms with Crippen LogP contribution in [0.2, 0.25) is 0 Å². The van der Waals surface area contributed by atoms with Crippen molar-refractivity contribution in [2.45, 2.75) is 64.2 Å². The maximum Gasteiger partial charge on any atom is 0.217 e. The number of methoxy groups -OCH3 is 1. The van der Waals surface area contributed by atoms with Crippen LogP contribution in [0.1, 0.15) is 58.1 Å². The Hall–Kier alpha value is -2.07. The van der Waals surface area contributed by atoms with Gasteiger partial charge in [-0.1, -0.05) is 31.5 Å². The van der Waals surface area contributed by atoms with Gasteiger partial charge in [0.05, 0.1) is 19.3 Å². The number of fused-ring (bicyclic) bond motifs is 2. The zero-order valence-corrected chi connectivity index (χ0v) is 17.3. The van der Waals surface area contributed by atoms with Crippen LogP contribution < -0.4 is 10.1 Å². The van der Waals surface area contributed by atoms with E-state index < -0.39 is 0 Å². The highest BCUT2D eigenvalue weighted by Gasteiger charge is 2.49. The number of carbonyl (C=O) groups excluding carboxylic acids is 1. The molecule has 4 rings (SSSR count). The number of nitrogens with one attached hydrogen (secondary N) is 1. The Labute approximate surface area is 167 Å². The second-order valence-electron chi connectivity index (χ2n) is 8.96. The molecule has 1 saturated carbocycles. The largest absolute Gasteiger partial charge is 0.497 e. The van der Waals surface area contributed by atoms with Gasteiger partial charge in [-0.25, -0.2) is 0 Å². The fraction of sp³-hybridized carbons (Fsp3) is 0.542. The molecule has 2 aliphatic rings. The predicted octanol–water partition coefficient (Wildman–Crippen LogP) is 5.01. The van der Waals surface area contributed by atoms with Crippen molar-refractivity contribution in [1.29, 1.82) is 0 Å². The summed E-state index contributed by atoms with van der Waals surface area (Å²) in [4.78, 5) is 12.0. The monoisotopic (exact) mass is 381 g/mol. The SMILES string of the molecule is COc1ccc2cc([C@H]3C[C@](C)(NC(C)=O)[C@@H]4CC[C@@H](C)C[C@H]4O3)ccc2c1. The molecule has 5 atom stereocenters. The highest BCUT2D eigenvalue weighted by Crippen LogP contribution is 2.48. The lowest BCUT2D eigenvalue weighted by Gasteiger charge is -2.52. The van der Waals surface area contributed by atoms with E-state index in [9.17, 15) is 4.79 Å². The van der Waals surface area contributed by atoms with E-state index in [1.165, 1.54) is 17.4 Å². The van der Waals surface area contributed by atoms with Crippen molar-refractivity contribution in [3.05, 3.63) is 42.0 Å². The first-order valence-corrected chi connectivity index (χ1v) is 10.4. The number of hydrogen-bond acceptors (Lipinski definition) is 3. The number of carbonyl (C=O) groups is 1. The zero-order chi connectivity index (χ0) is 19.9. The summed E-state index contributed by atoms with van der Waals surface area (Å²) < 4.78 is 12.0. The number of hydrogen-bond donors (Lipinski definition) is 1. The third-order valence-corrected chi connectivity index (χ3v) is 6.73. The molecule has 0 spiro atoms. The molecule has 0 unspecified atom stereocenters. The molecule has 1 amide bonds. The second-order valence-corrected chi connectivity index (χ2v) is 8.96. The predicted molar refractivity (Wildman–Crippen MR) is 111 cm³/mol. The number of rotatable bonds is 3. The van der Waals surface area contributed by atoms with Crippen molar-refractivity contribution in [1.82, 2.24) is 5.32 Å². The molecule has 0 radical (unpaired) electrons. The van der Waals surface area contributed by atoms with Crippen LogP contribution in [0.15, 0.2) is 36.4 Å². The van der Waals surface area contributed by atoms with Gasteiger partial charge in [0, 0.05) is 24.8 Å². The Morgan fingerprint density at radius 3 is 2.68 bits per heavy atom. The summed E-state index contributed by atoms with van der Waals surface area (Å²) in [7, 11) is 1.69. The van der Waals surface area contributed by atoms with E-state index in [4.69, 9.17) is 9.47 Å². The summed E-state index contributed by atoms with van der Waals surface area (Å²) in [5.41, 5.74) is 0.958. The molecule has 4 nitrogen and oxygen atoms in total. The first-order valence-electron chi connectivity index (χ1n) is 10.4. The van der Waals surface area contributed by atoms with Gasteiger partial charge in [-0.2, -0.15) is 0 Å². The van der Waals surface area contributed by atoms with Crippen molar-refractivity contribution < 1.29 is 14.3 Å². The van der Waals surface area contributed by atoms with Gasteiger partial charge in [-0.15, -0.1) is 0 Å². The minimum Gasteiger partial charge on any atom is -0.497 e. The van der Waals surface area contributed by atoms with Gasteiger partial charge in [0.1, 0.15) is 5.75 Å². The number of ether oxygens (including phenoxy) is 2. The zero-order valence-electron chi connectivity index (χ0n) is 17.3. The minimum absolute atomic E-state index is 0.00472. The lowest BCUT2D eigenvalue weighted by atomic mass is 9.66. The van der Waals surface area contributed by atoms with Gasteiger partial charge < -0.3 is 14.8 Å². The molecular weight excluding hydrogens is 350 g/mol. The molecule has 2 aromatic carbocycles. The van der Waals surface area contributed by atoms with Crippen molar-refractivity contribution in [3.8, 4) is 5.75 Å². The summed E-state index contributed by atoms with van der Waals surface area (Å²) in [6, 6.07) is 12.7. The second kappa shape index (κ2) is 7.40. The summed E-state index contributed by atoms with van der Waals surface area (Å²) in [5, 5.41) is 5.63. The van der Waals surface area contributed by atoms with Crippen LogP contribution in [-0.4, -0.2) is 24.7 Å². The van der Waals surface area contributed by atoms with Crippen LogP contribution in [0, 0.1) is 11.8 Å². The van der Waals surface area contributed by atoms with Crippen molar-refractivity contribution in [3.63, 3.8) is 0 Å². The van der Waals surface area contributed by atoms with Crippen LogP contribution in [0.4, 0.5) is 0 Å². The Balaban J connectivity index is 1.66. The third kappa shape index (κ3) is 3.62. The van der Waals surface area contributed by atoms with Gasteiger partial charge in [0.2, 0.25) is 5.91 Å². The molecule has 1 aliphatic carbocycles. The Morgan fingerprint density at radius 2 is 1.93 bits per heavy atom. The molecule has 0 bridgehead atoms. The first-order chi connectivity index (χ1) is 13.4. The van der Waals surface area contributed by atoms with Gasteiger partial charge in [-0.05, 0) is 60.2 Å². The third-order valence-electron chi connectivity index (χ3n) is 6.73. The molecule has 1 N–H and O–H groups in total. The summed E-state index contributed by atoms with van der Waals surface area (Å²) in [6.45, 7) is 6.14. The summed E-state index contributed by atoms with van der Waals surface area (Å²) >= 11 is 0. The molecule has 150 valence electrons. The van der Waals surface area contributed by atoms with Gasteiger partial charge in [-0.3, -0.25) is 4.79 Å². The molecule has 1 saturated heterocycles. The summed E-state index contributed by atoms with van der Waals surface area (Å²) in [6.07, 6.45) is 4.40. The van der Waals surface area contributed by atoms with E-state index in [1.54, 1.807) is 14.0 Å². The molecule has 28 heavy (non-hydrogen) atoms. The van der Waals surface area contributed by atoms with E-state index in [2.05, 4.69) is 49.5 Å². The standard InChI is InChI=1S/C24H31NO3/c1-15-5-10-21-22(11-15)28-23(14-24(21,3)25-16(2)26)19-7-6-18-13-20(27-4)9-8-17(18)12-19/h6-9,12-13,15,21-23H,5,10-11,14H2,1-4H3,(H,25,26)/t15-,21-,22-,23-,24+/m1/s1. The number of amides is 1. The molecule has 2 aromatic rings. The van der Waals surface area contributed by atoms with Crippen LogP contribution in [0.25, 0.3) is 10.8 Å². The quantitative estimate of drug-likeness (QED) is 0.813. The number of benzene rings is 2. The maximum atomic E-state index is 12.0. The van der Waals surface area contributed by atoms with Gasteiger partial charge >= 0.3 is 0 Å². The van der Waals surface area contributed by atoms with Gasteiger partial charge in [0.25, 0.3) is 0 Å². The Kier molecular flexibility index (Phi) is 5.09. The topological polar surface area (TPSA) is 47.6 Å². The van der Waals surface area contributed by atoms with Crippen LogP contribution in [0.5, 0.6) is 5.75 Å². The van der Waals surface area contributed by atoms with Crippen molar-refractivity contribution in [2.24, 2.45) is 11.8 Å². The fourth-order valence-corrected chi connectivity index (χ4v) is 5.32. The molecule has 1 aliphatic heterocycles. The van der Waals surface area contributed by atoms with Crippen LogP contribution >= 0.6 is 0 Å². The van der Waals surface area contributed by atoms with Crippen molar-refractivity contribution in [2.75, 3.05) is 7.11 Å². The molecule has 4 heteroatoms.